The minimum Gasteiger partial charge on any atom is -0.396 e. The van der Waals surface area contributed by atoms with Gasteiger partial charge in [0.2, 0.25) is 10.3 Å². The summed E-state index contributed by atoms with van der Waals surface area (Å²) in [6.45, 7) is 9.57. The van der Waals surface area contributed by atoms with E-state index < -0.39 is 0 Å². The second-order valence-corrected chi connectivity index (χ2v) is 10.9. The molecule has 0 fully saturated rings. The van der Waals surface area contributed by atoms with Crippen LogP contribution in [0, 0.1) is 13.8 Å². The highest BCUT2D eigenvalue weighted by Gasteiger charge is 2.19. The first-order chi connectivity index (χ1) is 16.7. The van der Waals surface area contributed by atoms with E-state index in [-0.39, 0.29) is 12.5 Å². The Bertz CT molecular complexity index is 1250. The predicted octanol–water partition coefficient (Wildman–Crippen LogP) is 5.46. The van der Waals surface area contributed by atoms with Gasteiger partial charge in [-0.3, -0.25) is 15.2 Å². The molecule has 0 aliphatic carbocycles. The van der Waals surface area contributed by atoms with Crippen LogP contribution in [0.5, 0.6) is 0 Å². The lowest BCUT2D eigenvalue weighted by molar-refractivity contribution is -0.112. The number of aromatic nitrogens is 5. The minimum absolute atomic E-state index is 0.108. The number of aryl methyl sites for hydroxylation is 2. The summed E-state index contributed by atoms with van der Waals surface area (Å²) in [6, 6.07) is 7.98. The number of rotatable bonds is 10. The zero-order valence-electron chi connectivity index (χ0n) is 20.2. The van der Waals surface area contributed by atoms with Crippen molar-refractivity contribution in [2.45, 2.75) is 51.1 Å². The molecule has 0 unspecified atom stereocenters. The maximum atomic E-state index is 13.3. The number of benzene rings is 1. The Hall–Kier alpha value is -2.73. The minimum atomic E-state index is -0.236. The first-order valence-electron chi connectivity index (χ1n) is 10.9. The molecule has 0 aliphatic heterocycles. The van der Waals surface area contributed by atoms with E-state index in [1.54, 1.807) is 6.92 Å². The number of nitrogens with zero attached hydrogens (tertiary/aromatic N) is 4. The van der Waals surface area contributed by atoms with Crippen LogP contribution in [0.3, 0.4) is 0 Å². The zero-order chi connectivity index (χ0) is 25.4. The Morgan fingerprint density at radius 2 is 1.86 bits per heavy atom. The number of aliphatic hydroxyl groups excluding tert-OH is 1. The summed E-state index contributed by atoms with van der Waals surface area (Å²) in [5.41, 5.74) is 2.51. The van der Waals surface area contributed by atoms with Crippen LogP contribution in [0.15, 0.2) is 67.4 Å². The van der Waals surface area contributed by atoms with Crippen LogP contribution in [0.4, 0.5) is 5.13 Å². The molecule has 0 saturated heterocycles. The molecule has 2 heterocycles. The van der Waals surface area contributed by atoms with Crippen molar-refractivity contribution in [3.63, 3.8) is 0 Å². The lowest BCUT2D eigenvalue weighted by atomic mass is 10.1. The second-order valence-electron chi connectivity index (χ2n) is 7.81. The summed E-state index contributed by atoms with van der Waals surface area (Å²) in [5.74, 6) is 1.14. The summed E-state index contributed by atoms with van der Waals surface area (Å²) in [6.07, 6.45) is 4.52. The van der Waals surface area contributed by atoms with E-state index in [9.17, 15) is 9.90 Å². The molecule has 0 spiro atoms. The number of hydrogen-bond donors (Lipinski definition) is 3. The van der Waals surface area contributed by atoms with Crippen molar-refractivity contribution in [2.24, 2.45) is 0 Å². The summed E-state index contributed by atoms with van der Waals surface area (Å²) in [5, 5.41) is 20.2. The molecule has 3 N–H and O–H groups in total. The highest BCUT2D eigenvalue weighted by molar-refractivity contribution is 8.03. The Morgan fingerprint density at radius 3 is 2.43 bits per heavy atom. The monoisotopic (exact) mass is 528 g/mol. The smallest absolute Gasteiger partial charge is 0.258 e. The third-order valence-electron chi connectivity index (χ3n) is 4.57. The number of nitrogens with one attached hydrogen (secondary N) is 2. The van der Waals surface area contributed by atoms with Crippen LogP contribution in [0.1, 0.15) is 38.0 Å². The van der Waals surface area contributed by atoms with Gasteiger partial charge in [0.25, 0.3) is 5.91 Å². The van der Waals surface area contributed by atoms with E-state index >= 15 is 0 Å². The van der Waals surface area contributed by atoms with Crippen molar-refractivity contribution in [1.29, 1.82) is 0 Å². The number of carbonyl (C=O) groups is 1. The van der Waals surface area contributed by atoms with E-state index in [1.807, 2.05) is 64.1 Å². The molecule has 2 aromatic heterocycles. The van der Waals surface area contributed by atoms with E-state index in [2.05, 4.69) is 29.9 Å². The maximum Gasteiger partial charge on any atom is 0.258 e. The number of H-pyrrole nitrogens is 1. The summed E-state index contributed by atoms with van der Waals surface area (Å²) < 4.78 is 4.15. The van der Waals surface area contributed by atoms with Gasteiger partial charge in [-0.2, -0.15) is 4.37 Å². The molecule has 8 nitrogen and oxygen atoms in total. The van der Waals surface area contributed by atoms with Gasteiger partial charge in [0, 0.05) is 27.9 Å². The van der Waals surface area contributed by atoms with E-state index in [0.29, 0.717) is 28.1 Å². The highest BCUT2D eigenvalue weighted by atomic mass is 32.2. The molecule has 0 aliphatic rings. The summed E-state index contributed by atoms with van der Waals surface area (Å²) >= 11 is 4.11. The van der Waals surface area contributed by atoms with Crippen LogP contribution < -0.4 is 5.32 Å². The van der Waals surface area contributed by atoms with Crippen LogP contribution in [0.2, 0.25) is 0 Å². The fourth-order valence-corrected chi connectivity index (χ4v) is 5.31. The number of aromatic amines is 1. The van der Waals surface area contributed by atoms with Gasteiger partial charge in [0.15, 0.2) is 0 Å². The number of aliphatic hydroxyl groups is 1. The number of thioether (sulfide) groups is 2. The molecule has 11 heteroatoms. The average Bonchev–Trinajstić information content (AvgIpc) is 3.40. The molecule has 0 saturated carbocycles. The Balaban J connectivity index is 1.92. The Kier molecular flexibility index (Phi) is 9.84. The lowest BCUT2D eigenvalue weighted by Crippen LogP contribution is -2.16. The molecule has 1 amide bonds. The van der Waals surface area contributed by atoms with Crippen LogP contribution in [0.25, 0.3) is 0 Å². The van der Waals surface area contributed by atoms with E-state index in [1.165, 1.54) is 23.5 Å². The first-order valence-corrected chi connectivity index (χ1v) is 13.3. The van der Waals surface area contributed by atoms with Crippen molar-refractivity contribution in [2.75, 3.05) is 11.9 Å². The van der Waals surface area contributed by atoms with Crippen molar-refractivity contribution in [1.82, 2.24) is 24.5 Å². The maximum absolute atomic E-state index is 13.3. The fraction of sp³-hybridized carbons (Fsp3) is 0.292. The molecule has 3 aromatic rings. The topological polar surface area (TPSA) is 117 Å². The van der Waals surface area contributed by atoms with Gasteiger partial charge in [0.1, 0.15) is 11.6 Å². The molecule has 0 bridgehead atoms. The van der Waals surface area contributed by atoms with Gasteiger partial charge < -0.3 is 5.11 Å². The van der Waals surface area contributed by atoms with Crippen molar-refractivity contribution in [3.8, 4) is 0 Å². The highest BCUT2D eigenvalue weighted by Crippen LogP contribution is 2.35. The summed E-state index contributed by atoms with van der Waals surface area (Å²) in [4.78, 5) is 24.7. The van der Waals surface area contributed by atoms with Crippen LogP contribution in [-0.4, -0.2) is 42.2 Å². The van der Waals surface area contributed by atoms with Gasteiger partial charge in [0.05, 0.1) is 5.57 Å². The molecule has 1 aromatic carbocycles. The first kappa shape index (κ1) is 26.9. The standard InChI is InChI=1S/C24H28N6O2S3/c1-14(2)21(22(32)27-23-26-17(5)30-35-23)20(34-19-9-7-18(8-10-19)12-13-31)11-6-15(3)33-24-25-16(4)28-29-24/h6-11,31H,12-13H2,1-5H3,(H,25,28,29)(H,26,27,30,32)/b15-6+,20-11+. The van der Waals surface area contributed by atoms with Crippen LogP contribution >= 0.6 is 35.1 Å². The molecule has 35 heavy (non-hydrogen) atoms. The SMILES string of the molecule is CC(C)=C(C(=O)Nc1nc(C)ns1)/C(=C\C=C(/C)Sc1n[nH]c(C)n1)Sc1ccc(CCO)cc1. The van der Waals surface area contributed by atoms with E-state index in [0.717, 1.165) is 43.2 Å². The third kappa shape index (κ3) is 8.17. The molecule has 0 radical (unpaired) electrons. The quantitative estimate of drug-likeness (QED) is 0.181. The molecule has 0 atom stereocenters. The predicted molar refractivity (Wildman–Crippen MR) is 144 cm³/mol. The van der Waals surface area contributed by atoms with Crippen molar-refractivity contribution in [3.05, 3.63) is 74.6 Å². The van der Waals surface area contributed by atoms with Gasteiger partial charge in [-0.05, 0) is 69.7 Å². The van der Waals surface area contributed by atoms with Crippen molar-refractivity contribution >= 4 is 46.1 Å². The van der Waals surface area contributed by atoms with E-state index in [4.69, 9.17) is 0 Å². The molecule has 184 valence electrons. The number of carbonyl (C=O) groups excluding carboxylic acids is 1. The van der Waals surface area contributed by atoms with Gasteiger partial charge in [-0.25, -0.2) is 9.97 Å². The van der Waals surface area contributed by atoms with Gasteiger partial charge in [-0.1, -0.05) is 47.3 Å². The lowest BCUT2D eigenvalue weighted by Gasteiger charge is -2.14. The normalized spacial score (nSPS) is 12.1. The number of anilines is 1. The Morgan fingerprint density at radius 1 is 1.11 bits per heavy atom. The number of hydrogen-bond acceptors (Lipinski definition) is 9. The van der Waals surface area contributed by atoms with Crippen molar-refractivity contribution < 1.29 is 9.90 Å². The number of amides is 1. The summed E-state index contributed by atoms with van der Waals surface area (Å²) in [7, 11) is 0. The fourth-order valence-electron chi connectivity index (χ4n) is 2.98. The third-order valence-corrected chi connectivity index (χ3v) is 7.18. The Labute approximate surface area is 217 Å². The average molecular weight is 529 g/mol. The molecule has 3 rings (SSSR count). The number of allylic oxidation sites excluding steroid dienone is 4. The van der Waals surface area contributed by atoms with Gasteiger partial charge >= 0.3 is 0 Å². The second kappa shape index (κ2) is 12.8. The molecular formula is C24H28N6O2S3. The van der Waals surface area contributed by atoms with Gasteiger partial charge in [-0.15, -0.1) is 5.10 Å². The van der Waals surface area contributed by atoms with Crippen LogP contribution in [-0.2, 0) is 11.2 Å². The molecular weight excluding hydrogens is 501 g/mol. The zero-order valence-corrected chi connectivity index (χ0v) is 22.7. The largest absolute Gasteiger partial charge is 0.396 e.